The highest BCUT2D eigenvalue weighted by molar-refractivity contribution is 6.30. The van der Waals surface area contributed by atoms with E-state index in [0.29, 0.717) is 21.8 Å². The van der Waals surface area contributed by atoms with Gasteiger partial charge in [-0.3, -0.25) is 4.68 Å². The highest BCUT2D eigenvalue weighted by Gasteiger charge is 2.19. The SMILES string of the molecule is Cn1ncc2c(Oc3ccc(Cl)cc3)c(C(=O)O)cnc21. The number of aromatic carboxylic acids is 1. The lowest BCUT2D eigenvalue weighted by Gasteiger charge is -2.09. The van der Waals surface area contributed by atoms with Gasteiger partial charge in [0.1, 0.15) is 11.3 Å². The van der Waals surface area contributed by atoms with Crippen LogP contribution in [0.3, 0.4) is 0 Å². The van der Waals surface area contributed by atoms with Crippen LogP contribution in [0.2, 0.25) is 5.02 Å². The summed E-state index contributed by atoms with van der Waals surface area (Å²) in [6, 6.07) is 6.66. The molecule has 3 aromatic rings. The van der Waals surface area contributed by atoms with Crippen LogP contribution >= 0.6 is 11.6 Å². The summed E-state index contributed by atoms with van der Waals surface area (Å²) in [4.78, 5) is 15.4. The predicted octanol–water partition coefficient (Wildman–Crippen LogP) is 3.11. The summed E-state index contributed by atoms with van der Waals surface area (Å²) in [5.41, 5.74) is 0.523. The van der Waals surface area contributed by atoms with Crippen LogP contribution in [0.5, 0.6) is 11.5 Å². The van der Waals surface area contributed by atoms with Crippen LogP contribution in [0, 0.1) is 0 Å². The molecule has 7 heteroatoms. The zero-order valence-corrected chi connectivity index (χ0v) is 11.7. The fourth-order valence-electron chi connectivity index (χ4n) is 1.96. The van der Waals surface area contributed by atoms with Crippen LogP contribution in [-0.2, 0) is 7.05 Å². The van der Waals surface area contributed by atoms with Crippen LogP contribution in [0.25, 0.3) is 11.0 Å². The number of carboxylic acid groups (broad SMARTS) is 1. The van der Waals surface area contributed by atoms with Crippen LogP contribution in [0.15, 0.2) is 36.7 Å². The summed E-state index contributed by atoms with van der Waals surface area (Å²) in [7, 11) is 1.72. The standard InChI is InChI=1S/C14H10ClN3O3/c1-18-13-10(7-17-18)12(11(6-16-13)14(19)20)21-9-4-2-8(15)3-5-9/h2-7H,1H3,(H,19,20). The molecule has 21 heavy (non-hydrogen) atoms. The molecule has 0 spiro atoms. The molecule has 6 nitrogen and oxygen atoms in total. The molecule has 106 valence electrons. The van der Waals surface area contributed by atoms with Gasteiger partial charge in [0, 0.05) is 18.3 Å². The normalized spacial score (nSPS) is 10.8. The number of fused-ring (bicyclic) bond motifs is 1. The van der Waals surface area contributed by atoms with E-state index < -0.39 is 5.97 Å². The van der Waals surface area contributed by atoms with Gasteiger partial charge in [0.05, 0.1) is 11.6 Å². The van der Waals surface area contributed by atoms with Crippen LogP contribution in [-0.4, -0.2) is 25.8 Å². The van der Waals surface area contributed by atoms with Crippen molar-refractivity contribution in [3.63, 3.8) is 0 Å². The third kappa shape index (κ3) is 2.41. The van der Waals surface area contributed by atoms with E-state index >= 15 is 0 Å². The first-order chi connectivity index (χ1) is 10.1. The zero-order valence-electron chi connectivity index (χ0n) is 10.9. The van der Waals surface area contributed by atoms with Crippen LogP contribution in [0.1, 0.15) is 10.4 Å². The molecule has 2 heterocycles. The van der Waals surface area contributed by atoms with Crippen molar-refractivity contribution < 1.29 is 14.6 Å². The Morgan fingerprint density at radius 3 is 2.67 bits per heavy atom. The summed E-state index contributed by atoms with van der Waals surface area (Å²) in [6.07, 6.45) is 2.79. The summed E-state index contributed by atoms with van der Waals surface area (Å²) in [5, 5.41) is 14.5. The molecule has 0 atom stereocenters. The van der Waals surface area contributed by atoms with Gasteiger partial charge in [0.2, 0.25) is 0 Å². The minimum absolute atomic E-state index is 0.0227. The molecule has 0 amide bonds. The summed E-state index contributed by atoms with van der Waals surface area (Å²) in [6.45, 7) is 0. The molecule has 0 aliphatic carbocycles. The Balaban J connectivity index is 2.16. The highest BCUT2D eigenvalue weighted by atomic mass is 35.5. The average Bonchev–Trinajstić information content (AvgIpc) is 2.83. The third-order valence-electron chi connectivity index (χ3n) is 2.98. The molecule has 0 aliphatic rings. The second-order valence-electron chi connectivity index (χ2n) is 4.37. The molecule has 1 aromatic carbocycles. The largest absolute Gasteiger partial charge is 0.477 e. The molecular weight excluding hydrogens is 294 g/mol. The van der Waals surface area contributed by atoms with Crippen molar-refractivity contribution >= 4 is 28.6 Å². The number of hydrogen-bond donors (Lipinski definition) is 1. The Morgan fingerprint density at radius 1 is 1.29 bits per heavy atom. The van der Waals surface area contributed by atoms with E-state index in [-0.39, 0.29) is 11.3 Å². The number of nitrogens with zero attached hydrogens (tertiary/aromatic N) is 3. The van der Waals surface area contributed by atoms with Crippen molar-refractivity contribution in [3.05, 3.63) is 47.2 Å². The third-order valence-corrected chi connectivity index (χ3v) is 3.23. The van der Waals surface area contributed by atoms with Gasteiger partial charge >= 0.3 is 5.97 Å². The fraction of sp³-hybridized carbons (Fsp3) is 0.0714. The van der Waals surface area contributed by atoms with Crippen molar-refractivity contribution in [1.82, 2.24) is 14.8 Å². The Bertz CT molecular complexity index is 827. The minimum atomic E-state index is -1.11. The van der Waals surface area contributed by atoms with Gasteiger partial charge in [-0.15, -0.1) is 0 Å². The van der Waals surface area contributed by atoms with E-state index in [1.165, 1.54) is 12.4 Å². The van der Waals surface area contributed by atoms with Gasteiger partial charge in [0.15, 0.2) is 11.4 Å². The van der Waals surface area contributed by atoms with Crippen molar-refractivity contribution in [2.45, 2.75) is 0 Å². The fourth-order valence-corrected chi connectivity index (χ4v) is 2.08. The van der Waals surface area contributed by atoms with Crippen molar-refractivity contribution in [2.24, 2.45) is 7.05 Å². The lowest BCUT2D eigenvalue weighted by Crippen LogP contribution is -2.02. The van der Waals surface area contributed by atoms with E-state index in [0.717, 1.165) is 0 Å². The number of benzene rings is 1. The van der Waals surface area contributed by atoms with E-state index in [1.807, 2.05) is 0 Å². The monoisotopic (exact) mass is 303 g/mol. The minimum Gasteiger partial charge on any atom is -0.477 e. The first-order valence-corrected chi connectivity index (χ1v) is 6.41. The number of aryl methyl sites for hydroxylation is 1. The topological polar surface area (TPSA) is 77.2 Å². The van der Waals surface area contributed by atoms with Gasteiger partial charge in [-0.05, 0) is 24.3 Å². The maximum Gasteiger partial charge on any atom is 0.341 e. The average molecular weight is 304 g/mol. The lowest BCUT2D eigenvalue weighted by molar-refractivity contribution is 0.0694. The van der Waals surface area contributed by atoms with Crippen molar-refractivity contribution in [3.8, 4) is 11.5 Å². The molecule has 0 aliphatic heterocycles. The lowest BCUT2D eigenvalue weighted by atomic mass is 10.2. The molecule has 0 saturated carbocycles. The van der Waals surface area contributed by atoms with Crippen molar-refractivity contribution in [1.29, 1.82) is 0 Å². The molecule has 2 aromatic heterocycles. The number of carbonyl (C=O) groups is 1. The number of ether oxygens (including phenoxy) is 1. The predicted molar refractivity (Wildman–Crippen MR) is 77.0 cm³/mol. The smallest absolute Gasteiger partial charge is 0.341 e. The molecule has 0 unspecified atom stereocenters. The second kappa shape index (κ2) is 5.06. The number of carboxylic acids is 1. The second-order valence-corrected chi connectivity index (χ2v) is 4.80. The molecule has 3 rings (SSSR count). The van der Waals surface area contributed by atoms with Gasteiger partial charge in [0.25, 0.3) is 0 Å². The molecule has 0 saturated heterocycles. The Kier molecular flexibility index (Phi) is 3.23. The molecule has 1 N–H and O–H groups in total. The van der Waals surface area contributed by atoms with E-state index in [9.17, 15) is 9.90 Å². The number of rotatable bonds is 3. The summed E-state index contributed by atoms with van der Waals surface area (Å²) >= 11 is 5.82. The Hall–Kier alpha value is -2.60. The van der Waals surface area contributed by atoms with Gasteiger partial charge in [-0.2, -0.15) is 5.10 Å². The number of pyridine rings is 1. The highest BCUT2D eigenvalue weighted by Crippen LogP contribution is 2.32. The van der Waals surface area contributed by atoms with E-state index in [1.54, 1.807) is 36.0 Å². The Labute approximate surface area is 124 Å². The number of halogens is 1. The van der Waals surface area contributed by atoms with Gasteiger partial charge < -0.3 is 9.84 Å². The maximum atomic E-state index is 11.3. The van der Waals surface area contributed by atoms with Gasteiger partial charge in [-0.1, -0.05) is 11.6 Å². The van der Waals surface area contributed by atoms with Gasteiger partial charge in [-0.25, -0.2) is 9.78 Å². The zero-order chi connectivity index (χ0) is 15.0. The first-order valence-electron chi connectivity index (χ1n) is 6.03. The number of aromatic nitrogens is 3. The van der Waals surface area contributed by atoms with E-state index in [2.05, 4.69) is 10.1 Å². The molecule has 0 radical (unpaired) electrons. The number of hydrogen-bond acceptors (Lipinski definition) is 4. The summed E-state index contributed by atoms with van der Waals surface area (Å²) in [5.74, 6) is -0.418. The Morgan fingerprint density at radius 2 is 2.00 bits per heavy atom. The maximum absolute atomic E-state index is 11.3. The van der Waals surface area contributed by atoms with Crippen LogP contribution < -0.4 is 4.74 Å². The molecular formula is C14H10ClN3O3. The molecule has 0 fully saturated rings. The molecule has 0 bridgehead atoms. The summed E-state index contributed by atoms with van der Waals surface area (Å²) < 4.78 is 7.27. The van der Waals surface area contributed by atoms with Crippen LogP contribution in [0.4, 0.5) is 0 Å². The first kappa shape index (κ1) is 13.4. The van der Waals surface area contributed by atoms with Crippen molar-refractivity contribution in [2.75, 3.05) is 0 Å². The quantitative estimate of drug-likeness (QED) is 0.804. The van der Waals surface area contributed by atoms with E-state index in [4.69, 9.17) is 16.3 Å².